The van der Waals surface area contributed by atoms with Gasteiger partial charge in [0.2, 0.25) is 0 Å². The summed E-state index contributed by atoms with van der Waals surface area (Å²) in [5.41, 5.74) is -0.291. The third-order valence-electron chi connectivity index (χ3n) is 4.65. The molecular weight excluding hydrogens is 346 g/mol. The molecule has 0 aliphatic carbocycles. The number of ether oxygens (including phenoxy) is 2. The summed E-state index contributed by atoms with van der Waals surface area (Å²) < 4.78 is 16.8. The molecule has 1 aliphatic heterocycles. The summed E-state index contributed by atoms with van der Waals surface area (Å²) in [6.07, 6.45) is 3.20. The first kappa shape index (κ1) is 21.7. The van der Waals surface area contributed by atoms with Crippen LogP contribution in [0.5, 0.6) is 0 Å². The number of hydrogen-bond acceptors (Lipinski definition) is 5. The lowest BCUT2D eigenvalue weighted by atomic mass is 9.96. The van der Waals surface area contributed by atoms with Crippen molar-refractivity contribution in [1.29, 1.82) is 0 Å². The second-order valence-electron chi connectivity index (χ2n) is 7.26. The maximum atomic E-state index is 10.8. The van der Waals surface area contributed by atoms with E-state index in [1.807, 2.05) is 26.8 Å². The van der Waals surface area contributed by atoms with E-state index < -0.39 is 5.60 Å². The fourth-order valence-corrected chi connectivity index (χ4v) is 3.20. The minimum absolute atomic E-state index is 0.251. The van der Waals surface area contributed by atoms with Crippen molar-refractivity contribution in [3.05, 3.63) is 23.2 Å². The Morgan fingerprint density at radius 2 is 2.07 bits per heavy atom. The molecular formula is C20H35N3O4. The summed E-state index contributed by atoms with van der Waals surface area (Å²) >= 11 is 0. The topological polar surface area (TPSA) is 88.3 Å². The Balaban J connectivity index is 1.78. The zero-order valence-corrected chi connectivity index (χ0v) is 17.1. The molecule has 1 fully saturated rings. The fraction of sp³-hybridized carbons (Fsp3) is 0.750. The molecule has 0 amide bonds. The number of hydrogen-bond donors (Lipinski definition) is 3. The van der Waals surface area contributed by atoms with Crippen molar-refractivity contribution in [3.63, 3.8) is 0 Å². The van der Waals surface area contributed by atoms with Gasteiger partial charge in [-0.2, -0.15) is 0 Å². The molecule has 27 heavy (non-hydrogen) atoms. The average molecular weight is 382 g/mol. The summed E-state index contributed by atoms with van der Waals surface area (Å²) in [5.74, 6) is 2.22. The first-order valence-corrected chi connectivity index (χ1v) is 9.94. The first-order chi connectivity index (χ1) is 12.9. The molecule has 0 aromatic carbocycles. The van der Waals surface area contributed by atoms with E-state index in [1.165, 1.54) is 0 Å². The Labute approximate surface area is 162 Å². The third-order valence-corrected chi connectivity index (χ3v) is 4.65. The molecule has 1 saturated heterocycles. The van der Waals surface area contributed by atoms with E-state index in [0.29, 0.717) is 12.1 Å². The van der Waals surface area contributed by atoms with Gasteiger partial charge >= 0.3 is 0 Å². The molecule has 1 aromatic rings. The molecule has 0 saturated carbocycles. The predicted molar refractivity (Wildman–Crippen MR) is 106 cm³/mol. The maximum Gasteiger partial charge on any atom is 0.191 e. The number of aliphatic hydroxyl groups is 1. The monoisotopic (exact) mass is 381 g/mol. The lowest BCUT2D eigenvalue weighted by molar-refractivity contribution is -0.0320. The summed E-state index contributed by atoms with van der Waals surface area (Å²) in [6.45, 7) is 11.6. The zero-order valence-electron chi connectivity index (χ0n) is 17.1. The predicted octanol–water partition coefficient (Wildman–Crippen LogP) is 2.24. The number of nitrogens with zero attached hydrogens (tertiary/aromatic N) is 1. The zero-order chi connectivity index (χ0) is 19.7. The highest BCUT2D eigenvalue weighted by molar-refractivity contribution is 5.79. The summed E-state index contributed by atoms with van der Waals surface area (Å²) in [6, 6.07) is 1.87. The summed E-state index contributed by atoms with van der Waals surface area (Å²) in [5, 5.41) is 17.3. The molecule has 2 rings (SSSR count). The van der Waals surface area contributed by atoms with Crippen molar-refractivity contribution in [2.24, 2.45) is 4.99 Å². The lowest BCUT2D eigenvalue weighted by Crippen LogP contribution is -2.39. The highest BCUT2D eigenvalue weighted by Crippen LogP contribution is 2.27. The van der Waals surface area contributed by atoms with E-state index in [2.05, 4.69) is 15.6 Å². The first-order valence-electron chi connectivity index (χ1n) is 9.94. The number of guanidine groups is 1. The molecule has 1 aromatic heterocycles. The summed E-state index contributed by atoms with van der Waals surface area (Å²) in [4.78, 5) is 4.54. The van der Waals surface area contributed by atoms with E-state index in [0.717, 1.165) is 69.3 Å². The maximum absolute atomic E-state index is 10.8. The Kier molecular flexibility index (Phi) is 8.60. The Bertz CT molecular complexity index is 592. The van der Waals surface area contributed by atoms with Gasteiger partial charge in [-0.1, -0.05) is 0 Å². The molecule has 154 valence electrons. The van der Waals surface area contributed by atoms with Crippen molar-refractivity contribution in [2.75, 3.05) is 39.5 Å². The van der Waals surface area contributed by atoms with Gasteiger partial charge in [-0.25, -0.2) is 4.99 Å². The van der Waals surface area contributed by atoms with Crippen molar-refractivity contribution in [3.8, 4) is 0 Å². The van der Waals surface area contributed by atoms with Crippen molar-refractivity contribution < 1.29 is 19.0 Å². The van der Waals surface area contributed by atoms with Crippen LogP contribution in [0.15, 0.2) is 15.5 Å². The lowest BCUT2D eigenvalue weighted by Gasteiger charge is -2.23. The molecule has 0 bridgehead atoms. The van der Waals surface area contributed by atoms with Gasteiger partial charge in [0.25, 0.3) is 0 Å². The number of rotatable bonds is 9. The number of aryl methyl sites for hydroxylation is 2. The van der Waals surface area contributed by atoms with Gasteiger partial charge in [0.15, 0.2) is 5.96 Å². The molecule has 7 heteroatoms. The van der Waals surface area contributed by atoms with Gasteiger partial charge in [0.1, 0.15) is 17.1 Å². The highest BCUT2D eigenvalue weighted by atomic mass is 16.5. The van der Waals surface area contributed by atoms with E-state index >= 15 is 0 Å². The molecule has 1 aliphatic rings. The van der Waals surface area contributed by atoms with E-state index in [9.17, 15) is 5.11 Å². The molecule has 7 nitrogen and oxygen atoms in total. The third kappa shape index (κ3) is 7.16. The fourth-order valence-electron chi connectivity index (χ4n) is 3.20. The van der Waals surface area contributed by atoms with Crippen LogP contribution >= 0.6 is 0 Å². The van der Waals surface area contributed by atoms with Gasteiger partial charge in [-0.3, -0.25) is 0 Å². The molecule has 1 atom stereocenters. The normalized spacial score (nSPS) is 18.3. The van der Waals surface area contributed by atoms with Crippen LogP contribution in [0.2, 0.25) is 0 Å². The molecule has 0 spiro atoms. The standard InChI is InChI=1S/C20H35N3O4/c1-5-21-19(22-9-6-10-26-17-7-11-25-12-8-17)23-14-20(4,24)18-13-15(2)27-16(18)3/h13,17,24H,5-12,14H2,1-4H3,(H2,21,22,23). The van der Waals surface area contributed by atoms with Crippen molar-refractivity contribution in [1.82, 2.24) is 10.6 Å². The van der Waals surface area contributed by atoms with Crippen LogP contribution in [-0.4, -0.2) is 56.6 Å². The Morgan fingerprint density at radius 3 is 2.70 bits per heavy atom. The van der Waals surface area contributed by atoms with Gasteiger partial charge in [-0.05, 0) is 53.0 Å². The van der Waals surface area contributed by atoms with Crippen molar-refractivity contribution >= 4 is 5.96 Å². The van der Waals surface area contributed by atoms with Crippen LogP contribution in [0.4, 0.5) is 0 Å². The van der Waals surface area contributed by atoms with E-state index in [4.69, 9.17) is 13.9 Å². The van der Waals surface area contributed by atoms with Gasteiger partial charge in [0.05, 0.1) is 12.6 Å². The molecule has 0 radical (unpaired) electrons. The molecule has 3 N–H and O–H groups in total. The van der Waals surface area contributed by atoms with Crippen LogP contribution in [0, 0.1) is 13.8 Å². The van der Waals surface area contributed by atoms with Gasteiger partial charge in [-0.15, -0.1) is 0 Å². The summed E-state index contributed by atoms with van der Waals surface area (Å²) in [7, 11) is 0. The van der Waals surface area contributed by atoms with E-state index in [-0.39, 0.29) is 6.54 Å². The van der Waals surface area contributed by atoms with Crippen LogP contribution in [0.1, 0.15) is 50.2 Å². The number of aliphatic imine (C=N–C) groups is 1. The SMILES string of the molecule is CCNC(=NCC(C)(O)c1cc(C)oc1C)NCCCOC1CCOCC1. The van der Waals surface area contributed by atoms with Crippen LogP contribution < -0.4 is 10.6 Å². The smallest absolute Gasteiger partial charge is 0.191 e. The quantitative estimate of drug-likeness (QED) is 0.345. The van der Waals surface area contributed by atoms with Crippen LogP contribution in [0.3, 0.4) is 0 Å². The molecule has 1 unspecified atom stereocenters. The second kappa shape index (κ2) is 10.7. The van der Waals surface area contributed by atoms with Crippen molar-refractivity contribution in [2.45, 2.75) is 58.7 Å². The van der Waals surface area contributed by atoms with Crippen LogP contribution in [0.25, 0.3) is 0 Å². The minimum atomic E-state index is -1.07. The number of furan rings is 1. The average Bonchev–Trinajstić information content (AvgIpc) is 2.99. The number of nitrogens with one attached hydrogen (secondary N) is 2. The highest BCUT2D eigenvalue weighted by Gasteiger charge is 2.27. The van der Waals surface area contributed by atoms with E-state index in [1.54, 1.807) is 6.92 Å². The minimum Gasteiger partial charge on any atom is -0.466 e. The molecule has 2 heterocycles. The Morgan fingerprint density at radius 1 is 1.33 bits per heavy atom. The van der Waals surface area contributed by atoms with Crippen LogP contribution in [-0.2, 0) is 15.1 Å². The Hall–Kier alpha value is -1.57. The largest absolute Gasteiger partial charge is 0.466 e. The van der Waals surface area contributed by atoms with Gasteiger partial charge < -0.3 is 29.6 Å². The second-order valence-corrected chi connectivity index (χ2v) is 7.26. The van der Waals surface area contributed by atoms with Gasteiger partial charge in [0, 0.05) is 38.5 Å².